The minimum absolute atomic E-state index is 0.0901. The predicted octanol–water partition coefficient (Wildman–Crippen LogP) is 0.762. The molecule has 0 unspecified atom stereocenters. The van der Waals surface area contributed by atoms with Crippen molar-refractivity contribution in [2.24, 2.45) is 0 Å². The van der Waals surface area contributed by atoms with Gasteiger partial charge in [0.1, 0.15) is 0 Å². The van der Waals surface area contributed by atoms with Gasteiger partial charge in [-0.2, -0.15) is 0 Å². The van der Waals surface area contributed by atoms with Crippen molar-refractivity contribution in [2.75, 3.05) is 6.54 Å². The first-order chi connectivity index (χ1) is 7.60. The van der Waals surface area contributed by atoms with Gasteiger partial charge >= 0.3 is 0 Å². The van der Waals surface area contributed by atoms with E-state index in [1.54, 1.807) is 18.2 Å². The molecule has 0 saturated carbocycles. The normalized spacial score (nSPS) is 26.4. The molecule has 4 nitrogen and oxygen atoms in total. The van der Waals surface area contributed by atoms with Crippen molar-refractivity contribution >= 4 is 10.9 Å². The molecule has 0 spiro atoms. The molecule has 1 N–H and O–H groups in total. The van der Waals surface area contributed by atoms with E-state index in [1.165, 1.54) is 6.08 Å². The Morgan fingerprint density at radius 2 is 1.94 bits per heavy atom. The Balaban J connectivity index is 3.18. The summed E-state index contributed by atoms with van der Waals surface area (Å²) in [5.41, 5.74) is 1.30. The SMILES string of the molecule is C=C/C=C1/C[C@@H](O)CN([SH](=O)=O)/C1=C/C=C. The Labute approximate surface area is 97.0 Å². The summed E-state index contributed by atoms with van der Waals surface area (Å²) in [5.74, 6) is 0. The fourth-order valence-electron chi connectivity index (χ4n) is 1.64. The van der Waals surface area contributed by atoms with Gasteiger partial charge in [0.05, 0.1) is 18.3 Å². The Morgan fingerprint density at radius 1 is 1.31 bits per heavy atom. The number of allylic oxidation sites excluding steroid dienone is 5. The van der Waals surface area contributed by atoms with Gasteiger partial charge in [-0.15, -0.1) is 0 Å². The van der Waals surface area contributed by atoms with Crippen molar-refractivity contribution in [3.63, 3.8) is 0 Å². The molecule has 1 aliphatic rings. The number of aliphatic hydroxyl groups is 1. The second-order valence-corrected chi connectivity index (χ2v) is 4.35. The van der Waals surface area contributed by atoms with Gasteiger partial charge in [-0.3, -0.25) is 4.31 Å². The minimum Gasteiger partial charge on any atom is -0.391 e. The predicted molar refractivity (Wildman–Crippen MR) is 64.2 cm³/mol. The van der Waals surface area contributed by atoms with Crippen LogP contribution in [0, 0.1) is 0 Å². The second-order valence-electron chi connectivity index (χ2n) is 3.39. The number of thiol groups is 1. The number of rotatable bonds is 3. The van der Waals surface area contributed by atoms with Gasteiger partial charge in [-0.1, -0.05) is 31.4 Å². The molecule has 1 aliphatic heterocycles. The first-order valence-electron chi connectivity index (χ1n) is 4.84. The van der Waals surface area contributed by atoms with Crippen LogP contribution in [-0.2, 0) is 10.9 Å². The molecule has 1 saturated heterocycles. The third kappa shape index (κ3) is 2.84. The van der Waals surface area contributed by atoms with Crippen LogP contribution in [0.1, 0.15) is 6.42 Å². The molecule has 0 aromatic heterocycles. The smallest absolute Gasteiger partial charge is 0.225 e. The molecular weight excluding hydrogens is 226 g/mol. The van der Waals surface area contributed by atoms with E-state index in [2.05, 4.69) is 13.2 Å². The van der Waals surface area contributed by atoms with E-state index in [0.717, 1.165) is 9.88 Å². The van der Waals surface area contributed by atoms with E-state index in [4.69, 9.17) is 0 Å². The van der Waals surface area contributed by atoms with Gasteiger partial charge in [0.25, 0.3) is 0 Å². The first-order valence-corrected chi connectivity index (χ1v) is 5.97. The number of hydrogen-bond acceptors (Lipinski definition) is 3. The van der Waals surface area contributed by atoms with Crippen molar-refractivity contribution in [1.82, 2.24) is 4.31 Å². The molecule has 5 heteroatoms. The lowest BCUT2D eigenvalue weighted by atomic mass is 9.99. The lowest BCUT2D eigenvalue weighted by Gasteiger charge is -2.31. The van der Waals surface area contributed by atoms with Crippen LogP contribution in [0.3, 0.4) is 0 Å². The molecule has 0 aromatic carbocycles. The third-order valence-corrected chi connectivity index (χ3v) is 3.01. The van der Waals surface area contributed by atoms with Gasteiger partial charge in [0.15, 0.2) is 0 Å². The maximum absolute atomic E-state index is 11.1. The highest BCUT2D eigenvalue weighted by atomic mass is 32.2. The number of piperidine rings is 1. The zero-order valence-electron chi connectivity index (χ0n) is 8.87. The van der Waals surface area contributed by atoms with Crippen LogP contribution >= 0.6 is 0 Å². The van der Waals surface area contributed by atoms with Gasteiger partial charge in [0.2, 0.25) is 10.9 Å². The van der Waals surface area contributed by atoms with Crippen LogP contribution in [0.25, 0.3) is 0 Å². The topological polar surface area (TPSA) is 57.6 Å². The molecule has 88 valence electrons. The zero-order chi connectivity index (χ0) is 12.1. The Morgan fingerprint density at radius 3 is 2.44 bits per heavy atom. The summed E-state index contributed by atoms with van der Waals surface area (Å²) in [4.78, 5) is 0. The molecule has 1 rings (SSSR count). The van der Waals surface area contributed by atoms with E-state index >= 15 is 0 Å². The van der Waals surface area contributed by atoms with Crippen molar-refractivity contribution in [1.29, 1.82) is 0 Å². The van der Waals surface area contributed by atoms with E-state index in [1.807, 2.05) is 0 Å². The van der Waals surface area contributed by atoms with Crippen LogP contribution in [0.15, 0.2) is 48.7 Å². The largest absolute Gasteiger partial charge is 0.391 e. The summed E-state index contributed by atoms with van der Waals surface area (Å²) in [6.07, 6.45) is 6.15. The molecular formula is C11H15NO3S. The molecule has 0 aromatic rings. The van der Waals surface area contributed by atoms with Crippen molar-refractivity contribution < 1.29 is 13.5 Å². The third-order valence-electron chi connectivity index (χ3n) is 2.24. The van der Waals surface area contributed by atoms with Crippen LogP contribution in [-0.4, -0.2) is 30.5 Å². The van der Waals surface area contributed by atoms with Crippen LogP contribution < -0.4 is 0 Å². The van der Waals surface area contributed by atoms with Gasteiger partial charge < -0.3 is 5.11 Å². The van der Waals surface area contributed by atoms with Crippen LogP contribution in [0.2, 0.25) is 0 Å². The Hall–Kier alpha value is -1.33. The van der Waals surface area contributed by atoms with Crippen LogP contribution in [0.5, 0.6) is 0 Å². The number of hydrogen-bond donors (Lipinski definition) is 2. The molecule has 0 amide bonds. The quantitative estimate of drug-likeness (QED) is 0.717. The highest BCUT2D eigenvalue weighted by Crippen LogP contribution is 2.26. The van der Waals surface area contributed by atoms with Crippen molar-refractivity contribution in [3.8, 4) is 0 Å². The molecule has 0 radical (unpaired) electrons. The van der Waals surface area contributed by atoms with Crippen molar-refractivity contribution in [2.45, 2.75) is 12.5 Å². The Bertz CT molecular complexity index is 413. The van der Waals surface area contributed by atoms with Gasteiger partial charge in [0, 0.05) is 6.42 Å². The van der Waals surface area contributed by atoms with E-state index < -0.39 is 17.0 Å². The van der Waals surface area contributed by atoms with E-state index in [0.29, 0.717) is 12.1 Å². The van der Waals surface area contributed by atoms with E-state index in [9.17, 15) is 13.5 Å². The molecule has 1 atom stereocenters. The lowest BCUT2D eigenvalue weighted by Crippen LogP contribution is -2.36. The molecule has 1 heterocycles. The fraction of sp³-hybridized carbons (Fsp3) is 0.273. The monoisotopic (exact) mass is 241 g/mol. The second kappa shape index (κ2) is 5.67. The standard InChI is InChI=1S/C11H15NO3S/c1-3-5-9-7-10(13)8-12(16(14)15)11(9)6-4-2/h3-6,10,13,16H,1-2,7-8H2/b9-5-,11-6+/t10-/m1/s1. The highest BCUT2D eigenvalue weighted by Gasteiger charge is 2.26. The van der Waals surface area contributed by atoms with Crippen molar-refractivity contribution in [3.05, 3.63) is 48.7 Å². The maximum Gasteiger partial charge on any atom is 0.225 e. The summed E-state index contributed by atoms with van der Waals surface area (Å²) >= 11 is 0. The average molecular weight is 241 g/mol. The molecule has 0 aliphatic carbocycles. The Kier molecular flexibility index (Phi) is 4.52. The molecule has 16 heavy (non-hydrogen) atoms. The summed E-state index contributed by atoms with van der Waals surface area (Å²) in [7, 11) is -2.75. The number of nitrogens with zero attached hydrogens (tertiary/aromatic N) is 1. The minimum atomic E-state index is -2.75. The summed E-state index contributed by atoms with van der Waals surface area (Å²) in [6.45, 7) is 7.20. The van der Waals surface area contributed by atoms with Crippen LogP contribution in [0.4, 0.5) is 0 Å². The molecule has 1 fully saturated rings. The number of β-amino-alcohol motifs (C(OH)–C–C–N with tert-alkyl or cyclic N) is 1. The van der Waals surface area contributed by atoms with Gasteiger partial charge in [-0.05, 0) is 11.6 Å². The zero-order valence-corrected chi connectivity index (χ0v) is 9.77. The first kappa shape index (κ1) is 12.7. The highest BCUT2D eigenvalue weighted by molar-refractivity contribution is 7.70. The van der Waals surface area contributed by atoms with E-state index in [-0.39, 0.29) is 6.54 Å². The summed E-state index contributed by atoms with van der Waals surface area (Å²) in [6, 6.07) is 0. The summed E-state index contributed by atoms with van der Waals surface area (Å²) in [5, 5.41) is 9.57. The maximum atomic E-state index is 11.1. The van der Waals surface area contributed by atoms with Gasteiger partial charge in [-0.25, -0.2) is 8.42 Å². The fourth-order valence-corrected chi connectivity index (χ4v) is 2.33. The average Bonchev–Trinajstić information content (AvgIpc) is 2.21. The summed E-state index contributed by atoms with van der Waals surface area (Å²) < 4.78 is 23.3. The molecule has 0 bridgehead atoms. The lowest BCUT2D eigenvalue weighted by molar-refractivity contribution is 0.143. The number of aliphatic hydroxyl groups excluding tert-OH is 1.